The molecule has 0 fully saturated rings. The van der Waals surface area contributed by atoms with Gasteiger partial charge in [0, 0.05) is 0 Å². The van der Waals surface area contributed by atoms with Crippen LogP contribution in [0.1, 0.15) is 5.56 Å². The summed E-state index contributed by atoms with van der Waals surface area (Å²) < 4.78 is 0. The van der Waals surface area contributed by atoms with Crippen molar-refractivity contribution < 1.29 is 55.7 Å². The Labute approximate surface area is 128 Å². The Morgan fingerprint density at radius 1 is 0.800 bits per heavy atom. The van der Waals surface area contributed by atoms with E-state index in [0.717, 1.165) is 5.56 Å². The fraction of sp³-hybridized carbons (Fsp3) is 0. The summed E-state index contributed by atoms with van der Waals surface area (Å²) in [5, 5.41) is 0. The summed E-state index contributed by atoms with van der Waals surface area (Å²) in [6.07, 6.45) is 0. The van der Waals surface area contributed by atoms with Gasteiger partial charge in [0.15, 0.2) is 0 Å². The SMILES string of the molecule is [Br-].[Br-].[CH2-]c1ccccc1.[Ti+4].c1cc[cH-]c1. The van der Waals surface area contributed by atoms with Crippen molar-refractivity contribution in [1.29, 1.82) is 0 Å². The molecule has 0 saturated heterocycles. The normalized spacial score (nSPS) is 6.67. The third-order valence-corrected chi connectivity index (χ3v) is 1.40. The molecule has 0 spiro atoms. The maximum Gasteiger partial charge on any atom is 4.00 e. The van der Waals surface area contributed by atoms with E-state index in [9.17, 15) is 0 Å². The zero-order valence-corrected chi connectivity index (χ0v) is 13.0. The first kappa shape index (κ1) is 20.5. The molecule has 0 heterocycles. The van der Waals surface area contributed by atoms with Crippen LogP contribution < -0.4 is 34.0 Å². The van der Waals surface area contributed by atoms with Crippen LogP contribution in [0.5, 0.6) is 0 Å². The number of halogens is 2. The smallest absolute Gasteiger partial charge is 1.00 e. The van der Waals surface area contributed by atoms with Crippen LogP contribution in [-0.2, 0) is 21.7 Å². The molecule has 0 bridgehead atoms. The Bertz CT molecular complexity index is 262. The van der Waals surface area contributed by atoms with Crippen LogP contribution in [0, 0.1) is 6.92 Å². The van der Waals surface area contributed by atoms with Crippen LogP contribution in [0.4, 0.5) is 0 Å². The Morgan fingerprint density at radius 2 is 1.27 bits per heavy atom. The maximum absolute atomic E-state index is 3.72. The summed E-state index contributed by atoms with van der Waals surface area (Å²) in [7, 11) is 0. The minimum Gasteiger partial charge on any atom is -1.00 e. The summed E-state index contributed by atoms with van der Waals surface area (Å²) in [6, 6.07) is 19.9. The van der Waals surface area contributed by atoms with Gasteiger partial charge in [-0.2, -0.15) is 42.8 Å². The minimum atomic E-state index is 0. The second kappa shape index (κ2) is 14.1. The van der Waals surface area contributed by atoms with Crippen molar-refractivity contribution in [1.82, 2.24) is 0 Å². The number of rotatable bonds is 0. The Hall–Kier alpha value is 0.114. The first-order chi connectivity index (χ1) is 5.89. The van der Waals surface area contributed by atoms with Crippen LogP contribution in [0.25, 0.3) is 0 Å². The molecule has 0 aliphatic heterocycles. The molecule has 0 saturated carbocycles. The quantitative estimate of drug-likeness (QED) is 0.352. The maximum atomic E-state index is 3.72. The van der Waals surface area contributed by atoms with Gasteiger partial charge in [0.25, 0.3) is 0 Å². The minimum absolute atomic E-state index is 0. The number of benzene rings is 1. The molecule has 0 atom stereocenters. The van der Waals surface area contributed by atoms with Crippen LogP contribution in [-0.4, -0.2) is 0 Å². The summed E-state index contributed by atoms with van der Waals surface area (Å²) in [6.45, 7) is 3.72. The van der Waals surface area contributed by atoms with Crippen molar-refractivity contribution in [3.05, 3.63) is 73.2 Å². The average Bonchev–Trinajstić information content (AvgIpc) is 2.62. The molecule has 0 amide bonds. The third-order valence-electron chi connectivity index (χ3n) is 1.40. The van der Waals surface area contributed by atoms with Crippen molar-refractivity contribution >= 4 is 0 Å². The van der Waals surface area contributed by atoms with E-state index in [1.165, 1.54) is 0 Å². The van der Waals surface area contributed by atoms with E-state index in [2.05, 4.69) is 6.92 Å². The van der Waals surface area contributed by atoms with Gasteiger partial charge >= 0.3 is 21.7 Å². The number of hydrogen-bond acceptors (Lipinski definition) is 0. The molecule has 0 N–H and O–H groups in total. The summed E-state index contributed by atoms with van der Waals surface area (Å²) >= 11 is 0. The largest absolute Gasteiger partial charge is 4.00 e. The van der Waals surface area contributed by atoms with Crippen LogP contribution in [0.2, 0.25) is 0 Å². The van der Waals surface area contributed by atoms with Gasteiger partial charge in [0.2, 0.25) is 0 Å². The van der Waals surface area contributed by atoms with E-state index < -0.39 is 0 Å². The van der Waals surface area contributed by atoms with Crippen molar-refractivity contribution in [2.75, 3.05) is 0 Å². The van der Waals surface area contributed by atoms with Crippen LogP contribution in [0.15, 0.2) is 60.7 Å². The van der Waals surface area contributed by atoms with Gasteiger partial charge in [0.05, 0.1) is 0 Å². The van der Waals surface area contributed by atoms with Gasteiger partial charge in [-0.15, -0.1) is 12.1 Å². The standard InChI is InChI=1S/C7H7.C5H5.2BrH.Ti/c1-7-5-3-2-4-6-7;1-2-4-5-3-1;;;/h2-6H,1H2;1-5H;2*1H;/q2*-1;;;+4/p-2. The van der Waals surface area contributed by atoms with Gasteiger partial charge < -0.3 is 34.0 Å². The van der Waals surface area contributed by atoms with E-state index in [1.54, 1.807) is 0 Å². The first-order valence-corrected chi connectivity index (χ1v) is 3.93. The van der Waals surface area contributed by atoms with Gasteiger partial charge in [-0.3, -0.25) is 0 Å². The first-order valence-electron chi connectivity index (χ1n) is 3.93. The van der Waals surface area contributed by atoms with Crippen molar-refractivity contribution in [3.63, 3.8) is 0 Å². The molecule has 0 aliphatic carbocycles. The topological polar surface area (TPSA) is 0 Å². The predicted octanol–water partition coefficient (Wildman–Crippen LogP) is -2.72. The van der Waals surface area contributed by atoms with E-state index in [-0.39, 0.29) is 55.7 Å². The third kappa shape index (κ3) is 12.0. The van der Waals surface area contributed by atoms with Crippen molar-refractivity contribution in [3.8, 4) is 0 Å². The van der Waals surface area contributed by atoms with Gasteiger partial charge in [-0.1, -0.05) is 6.07 Å². The van der Waals surface area contributed by atoms with Gasteiger partial charge in [-0.05, 0) is 0 Å². The molecule has 0 aliphatic rings. The molecule has 78 valence electrons. The molecule has 2 aromatic rings. The molecule has 0 radical (unpaired) electrons. The Morgan fingerprint density at radius 3 is 1.47 bits per heavy atom. The monoisotopic (exact) mass is 362 g/mol. The zero-order valence-electron chi connectivity index (χ0n) is 8.24. The van der Waals surface area contributed by atoms with E-state index in [4.69, 9.17) is 0 Å². The molecule has 0 unspecified atom stereocenters. The molecule has 2 aromatic carbocycles. The second-order valence-electron chi connectivity index (χ2n) is 2.45. The van der Waals surface area contributed by atoms with Gasteiger partial charge in [0.1, 0.15) is 0 Å². The Balaban J connectivity index is -0.000000165. The van der Waals surface area contributed by atoms with E-state index in [0.29, 0.717) is 0 Å². The summed E-state index contributed by atoms with van der Waals surface area (Å²) in [5.41, 5.74) is 1.07. The fourth-order valence-electron chi connectivity index (χ4n) is 0.799. The average molecular weight is 364 g/mol. The molecule has 0 aromatic heterocycles. The van der Waals surface area contributed by atoms with E-state index in [1.807, 2.05) is 60.7 Å². The molecule has 3 heteroatoms. The molecule has 2 rings (SSSR count). The molecule has 15 heavy (non-hydrogen) atoms. The van der Waals surface area contributed by atoms with Crippen molar-refractivity contribution in [2.24, 2.45) is 0 Å². The summed E-state index contributed by atoms with van der Waals surface area (Å²) in [4.78, 5) is 0. The molecular formula is C12H12Br2Ti. The predicted molar refractivity (Wildman–Crippen MR) is 52.9 cm³/mol. The van der Waals surface area contributed by atoms with E-state index >= 15 is 0 Å². The van der Waals surface area contributed by atoms with Crippen molar-refractivity contribution in [2.45, 2.75) is 0 Å². The summed E-state index contributed by atoms with van der Waals surface area (Å²) in [5.74, 6) is 0. The second-order valence-corrected chi connectivity index (χ2v) is 2.45. The molecule has 0 nitrogen and oxygen atoms in total. The van der Waals surface area contributed by atoms with Gasteiger partial charge in [-0.25, -0.2) is 12.1 Å². The Kier molecular flexibility index (Phi) is 19.3. The van der Waals surface area contributed by atoms with Crippen LogP contribution in [0.3, 0.4) is 0 Å². The molecular weight excluding hydrogens is 352 g/mol. The zero-order chi connectivity index (χ0) is 8.65. The fourth-order valence-corrected chi connectivity index (χ4v) is 0.799. The van der Waals surface area contributed by atoms with Crippen LogP contribution >= 0.6 is 0 Å². The number of hydrogen-bond donors (Lipinski definition) is 0.